The van der Waals surface area contributed by atoms with Crippen LogP contribution in [0, 0.1) is 17.8 Å². The van der Waals surface area contributed by atoms with E-state index in [-0.39, 0.29) is 12.4 Å². The fourth-order valence-corrected chi connectivity index (χ4v) is 3.57. The molecule has 154 valence electrons. The van der Waals surface area contributed by atoms with Crippen LogP contribution in [-0.2, 0) is 6.42 Å². The summed E-state index contributed by atoms with van der Waals surface area (Å²) in [5.74, 6) is 2.66. The summed E-state index contributed by atoms with van der Waals surface area (Å²) >= 11 is 0. The molecule has 0 saturated heterocycles. The van der Waals surface area contributed by atoms with Gasteiger partial charge in [-0.25, -0.2) is 0 Å². The van der Waals surface area contributed by atoms with Gasteiger partial charge in [-0.05, 0) is 61.1 Å². The zero-order chi connectivity index (χ0) is 19.9. The number of phenolic OH excluding ortho intramolecular Hbond substituents is 1. The molecule has 1 aliphatic rings. The number of aromatic hydroxyl groups is 1. The Bertz CT molecular complexity index is 571. The molecule has 1 unspecified atom stereocenters. The molecule has 4 heteroatoms. The van der Waals surface area contributed by atoms with E-state index in [1.165, 1.54) is 25.7 Å². The topological polar surface area (TPSA) is 75.7 Å². The van der Waals surface area contributed by atoms with Crippen molar-refractivity contribution in [1.82, 2.24) is 0 Å². The van der Waals surface area contributed by atoms with Crippen LogP contribution < -0.4 is 10.5 Å². The van der Waals surface area contributed by atoms with Crippen LogP contribution in [0.1, 0.15) is 71.3 Å². The fraction of sp³-hybridized carbons (Fsp3) is 0.739. The van der Waals surface area contributed by atoms with E-state index in [2.05, 4.69) is 20.8 Å². The van der Waals surface area contributed by atoms with Crippen LogP contribution >= 0.6 is 0 Å². The normalized spacial score (nSPS) is 17.7. The van der Waals surface area contributed by atoms with Gasteiger partial charge >= 0.3 is 0 Å². The molecule has 4 nitrogen and oxygen atoms in total. The molecule has 27 heavy (non-hydrogen) atoms. The summed E-state index contributed by atoms with van der Waals surface area (Å²) in [6.07, 6.45) is 8.48. The van der Waals surface area contributed by atoms with E-state index < -0.39 is 5.54 Å². The second-order valence-corrected chi connectivity index (χ2v) is 9.21. The third-order valence-corrected chi connectivity index (χ3v) is 5.64. The molecule has 1 aromatic rings. The van der Waals surface area contributed by atoms with Gasteiger partial charge in [0, 0.05) is 5.54 Å². The summed E-state index contributed by atoms with van der Waals surface area (Å²) < 4.78 is 5.82. The maximum Gasteiger partial charge on any atom is 0.160 e. The van der Waals surface area contributed by atoms with Gasteiger partial charge in [0.05, 0.1) is 13.2 Å². The van der Waals surface area contributed by atoms with E-state index in [0.717, 1.165) is 37.2 Å². The fourth-order valence-electron chi connectivity index (χ4n) is 3.57. The van der Waals surface area contributed by atoms with Crippen LogP contribution in [0.15, 0.2) is 18.2 Å². The van der Waals surface area contributed by atoms with Crippen LogP contribution in [0.4, 0.5) is 0 Å². The zero-order valence-electron chi connectivity index (χ0n) is 17.4. The average Bonchev–Trinajstić information content (AvgIpc) is 3.42. The van der Waals surface area contributed by atoms with Gasteiger partial charge in [0.1, 0.15) is 0 Å². The molecule has 0 radical (unpaired) electrons. The summed E-state index contributed by atoms with van der Waals surface area (Å²) in [5, 5.41) is 19.9. The van der Waals surface area contributed by atoms with Crippen molar-refractivity contribution in [2.24, 2.45) is 23.5 Å². The van der Waals surface area contributed by atoms with E-state index in [4.69, 9.17) is 10.5 Å². The Labute approximate surface area is 165 Å². The molecule has 0 bridgehead atoms. The van der Waals surface area contributed by atoms with Gasteiger partial charge in [0.25, 0.3) is 0 Å². The lowest BCUT2D eigenvalue weighted by molar-refractivity contribution is 0.172. The lowest BCUT2D eigenvalue weighted by Crippen LogP contribution is -2.44. The second kappa shape index (κ2) is 10.3. The standard InChI is InChI=1S/C23H39NO3/c1-17(2)5-4-6-18(3)15-27-22-10-9-19(13-21(22)26)11-12-23(24,16-25)14-20-7-8-20/h9-10,13,17-18,20,25-26H,4-8,11-12,14-16,24H2,1-3H3/t18?,23-/m0/s1. The van der Waals surface area contributed by atoms with Crippen LogP contribution in [0.3, 0.4) is 0 Å². The predicted octanol–water partition coefficient (Wildman–Crippen LogP) is 4.66. The highest BCUT2D eigenvalue weighted by atomic mass is 16.5. The summed E-state index contributed by atoms with van der Waals surface area (Å²) in [7, 11) is 0. The number of phenols is 1. The minimum Gasteiger partial charge on any atom is -0.504 e. The minimum absolute atomic E-state index is 0.0192. The van der Waals surface area contributed by atoms with Crippen LogP contribution in [0.25, 0.3) is 0 Å². The van der Waals surface area contributed by atoms with Gasteiger partial charge in [0.2, 0.25) is 0 Å². The minimum atomic E-state index is -0.503. The number of aliphatic hydroxyl groups excluding tert-OH is 1. The van der Waals surface area contributed by atoms with Crippen molar-refractivity contribution in [1.29, 1.82) is 0 Å². The predicted molar refractivity (Wildman–Crippen MR) is 111 cm³/mol. The molecule has 2 rings (SSSR count). The number of rotatable bonds is 13. The van der Waals surface area contributed by atoms with E-state index in [1.54, 1.807) is 6.07 Å². The summed E-state index contributed by atoms with van der Waals surface area (Å²) in [6, 6.07) is 5.62. The Hall–Kier alpha value is -1.26. The van der Waals surface area contributed by atoms with Gasteiger partial charge in [-0.1, -0.05) is 52.5 Å². The van der Waals surface area contributed by atoms with E-state index in [9.17, 15) is 10.2 Å². The van der Waals surface area contributed by atoms with Gasteiger partial charge in [-0.3, -0.25) is 0 Å². The zero-order valence-corrected chi connectivity index (χ0v) is 17.4. The smallest absolute Gasteiger partial charge is 0.160 e. The maximum atomic E-state index is 10.3. The van der Waals surface area contributed by atoms with E-state index >= 15 is 0 Å². The molecular weight excluding hydrogens is 338 g/mol. The monoisotopic (exact) mass is 377 g/mol. The van der Waals surface area contributed by atoms with Crippen molar-refractivity contribution in [3.8, 4) is 11.5 Å². The molecule has 0 amide bonds. The van der Waals surface area contributed by atoms with Crippen molar-refractivity contribution in [3.05, 3.63) is 23.8 Å². The lowest BCUT2D eigenvalue weighted by Gasteiger charge is -2.27. The third-order valence-electron chi connectivity index (χ3n) is 5.64. The Kier molecular flexibility index (Phi) is 8.43. The van der Waals surface area contributed by atoms with Gasteiger partial charge < -0.3 is 20.7 Å². The quantitative estimate of drug-likeness (QED) is 0.467. The summed E-state index contributed by atoms with van der Waals surface area (Å²) in [4.78, 5) is 0. The number of hydrogen-bond donors (Lipinski definition) is 3. The molecule has 1 aromatic carbocycles. The largest absolute Gasteiger partial charge is 0.504 e. The Morgan fingerprint density at radius 1 is 1.22 bits per heavy atom. The Balaban J connectivity index is 1.78. The molecule has 1 fully saturated rings. The number of ether oxygens (including phenoxy) is 1. The first-order valence-corrected chi connectivity index (χ1v) is 10.7. The van der Waals surface area contributed by atoms with Crippen LogP contribution in [-0.4, -0.2) is 29.0 Å². The number of benzene rings is 1. The van der Waals surface area contributed by atoms with Crippen molar-refractivity contribution in [2.45, 2.75) is 77.7 Å². The second-order valence-electron chi connectivity index (χ2n) is 9.21. The molecular formula is C23H39NO3. The van der Waals surface area contributed by atoms with Gasteiger partial charge in [-0.2, -0.15) is 0 Å². The average molecular weight is 378 g/mol. The molecule has 0 spiro atoms. The van der Waals surface area contributed by atoms with Crippen molar-refractivity contribution in [2.75, 3.05) is 13.2 Å². The summed E-state index contributed by atoms with van der Waals surface area (Å²) in [5.41, 5.74) is 6.89. The first-order valence-electron chi connectivity index (χ1n) is 10.7. The molecule has 1 saturated carbocycles. The maximum absolute atomic E-state index is 10.3. The number of aliphatic hydroxyl groups is 1. The Morgan fingerprint density at radius 3 is 2.56 bits per heavy atom. The highest BCUT2D eigenvalue weighted by molar-refractivity contribution is 5.41. The van der Waals surface area contributed by atoms with Crippen molar-refractivity contribution in [3.63, 3.8) is 0 Å². The van der Waals surface area contributed by atoms with Crippen molar-refractivity contribution >= 4 is 0 Å². The van der Waals surface area contributed by atoms with Crippen LogP contribution in [0.2, 0.25) is 0 Å². The van der Waals surface area contributed by atoms with Gasteiger partial charge in [-0.15, -0.1) is 0 Å². The lowest BCUT2D eigenvalue weighted by atomic mass is 9.88. The molecule has 0 aromatic heterocycles. The highest BCUT2D eigenvalue weighted by Gasteiger charge is 2.33. The molecule has 0 heterocycles. The molecule has 1 aliphatic carbocycles. The summed E-state index contributed by atoms with van der Waals surface area (Å²) in [6.45, 7) is 7.35. The van der Waals surface area contributed by atoms with Crippen LogP contribution in [0.5, 0.6) is 11.5 Å². The highest BCUT2D eigenvalue weighted by Crippen LogP contribution is 2.37. The molecule has 2 atom stereocenters. The number of hydrogen-bond acceptors (Lipinski definition) is 4. The first-order chi connectivity index (χ1) is 12.8. The molecule has 4 N–H and O–H groups in total. The SMILES string of the molecule is CC(C)CCCC(C)COc1ccc(CC[C@@](N)(CO)CC2CC2)cc1O. The molecule has 0 aliphatic heterocycles. The first kappa shape index (κ1) is 22.0. The van der Waals surface area contributed by atoms with E-state index in [1.807, 2.05) is 12.1 Å². The van der Waals surface area contributed by atoms with Crippen molar-refractivity contribution < 1.29 is 14.9 Å². The Morgan fingerprint density at radius 2 is 1.96 bits per heavy atom. The number of nitrogens with two attached hydrogens (primary N) is 1. The van der Waals surface area contributed by atoms with E-state index in [0.29, 0.717) is 24.2 Å². The third kappa shape index (κ3) is 8.10. The van der Waals surface area contributed by atoms with Gasteiger partial charge in [0.15, 0.2) is 11.5 Å². The number of aryl methyl sites for hydroxylation is 1.